The molecule has 1 aliphatic rings. The zero-order valence-electron chi connectivity index (χ0n) is 19.7. The van der Waals surface area contributed by atoms with Gasteiger partial charge >= 0.3 is 6.03 Å². The minimum atomic E-state index is -0.419. The Bertz CT molecular complexity index is 1400. The minimum Gasteiger partial charge on any atom is -0.497 e. The van der Waals surface area contributed by atoms with Gasteiger partial charge in [0.25, 0.3) is 0 Å². The van der Waals surface area contributed by atoms with Crippen molar-refractivity contribution in [1.82, 2.24) is 19.5 Å². The predicted octanol–water partition coefficient (Wildman–Crippen LogP) is 4.12. The summed E-state index contributed by atoms with van der Waals surface area (Å²) in [6.45, 7) is 3.84. The van der Waals surface area contributed by atoms with Crippen LogP contribution in [0.15, 0.2) is 54.9 Å². The summed E-state index contributed by atoms with van der Waals surface area (Å²) >= 11 is 6.57. The highest BCUT2D eigenvalue weighted by molar-refractivity contribution is 6.34. The SMILES string of the molecule is COc1cccc(NC(=O)Nc2ccc(-c3cc(CN4CCOCC4)n4ncnc(N)c34)cc2Cl)c1. The third kappa shape index (κ3) is 5.06. The van der Waals surface area contributed by atoms with Gasteiger partial charge in [-0.3, -0.25) is 4.90 Å². The van der Waals surface area contributed by atoms with E-state index in [4.69, 9.17) is 26.8 Å². The van der Waals surface area contributed by atoms with Gasteiger partial charge in [-0.1, -0.05) is 23.7 Å². The van der Waals surface area contributed by atoms with Crippen LogP contribution in [0.3, 0.4) is 0 Å². The fraction of sp³-hybridized carbons (Fsp3) is 0.240. The van der Waals surface area contributed by atoms with Gasteiger partial charge in [0, 0.05) is 37.0 Å². The number of nitrogen functional groups attached to an aromatic ring is 1. The van der Waals surface area contributed by atoms with Crippen molar-refractivity contribution in [1.29, 1.82) is 0 Å². The van der Waals surface area contributed by atoms with Crippen LogP contribution in [0.25, 0.3) is 16.6 Å². The van der Waals surface area contributed by atoms with Gasteiger partial charge < -0.3 is 25.8 Å². The number of fused-ring (bicyclic) bond motifs is 1. The van der Waals surface area contributed by atoms with Gasteiger partial charge in [-0.05, 0) is 35.9 Å². The first-order valence-corrected chi connectivity index (χ1v) is 11.8. The number of morpholine rings is 1. The van der Waals surface area contributed by atoms with Crippen LogP contribution in [0.1, 0.15) is 5.69 Å². The number of benzene rings is 2. The maximum absolute atomic E-state index is 12.5. The molecule has 11 heteroatoms. The first-order valence-electron chi connectivity index (χ1n) is 11.4. The molecule has 0 aliphatic carbocycles. The number of ether oxygens (including phenoxy) is 2. The van der Waals surface area contributed by atoms with E-state index in [0.29, 0.717) is 53.2 Å². The minimum absolute atomic E-state index is 0.379. The highest BCUT2D eigenvalue weighted by atomic mass is 35.5. The number of carbonyl (C=O) groups is 1. The van der Waals surface area contributed by atoms with Crippen molar-refractivity contribution in [3.05, 3.63) is 65.6 Å². The average molecular weight is 508 g/mol. The van der Waals surface area contributed by atoms with E-state index in [0.717, 1.165) is 29.9 Å². The van der Waals surface area contributed by atoms with Crippen LogP contribution < -0.4 is 21.1 Å². The van der Waals surface area contributed by atoms with E-state index in [1.54, 1.807) is 43.5 Å². The number of methoxy groups -OCH3 is 1. The molecule has 3 heterocycles. The summed E-state index contributed by atoms with van der Waals surface area (Å²) in [7, 11) is 1.57. The number of aromatic nitrogens is 3. The molecule has 0 bridgehead atoms. The van der Waals surface area contributed by atoms with Crippen LogP contribution in [0.5, 0.6) is 5.75 Å². The number of nitrogens with two attached hydrogens (primary N) is 1. The molecule has 0 saturated carbocycles. The standard InChI is InChI=1S/C25H26ClN7O3/c1-35-19-4-2-3-17(12-19)30-25(34)31-22-6-5-16(11-21(22)26)20-13-18(14-32-7-9-36-10-8-32)33-23(20)24(27)28-15-29-33/h2-6,11-13,15H,7-10,14H2,1H3,(H2,27,28,29)(H2,30,31,34). The van der Waals surface area contributed by atoms with Gasteiger partial charge in [0.05, 0.1) is 36.7 Å². The molecule has 4 N–H and O–H groups in total. The summed E-state index contributed by atoms with van der Waals surface area (Å²) in [5.74, 6) is 1.02. The highest BCUT2D eigenvalue weighted by Gasteiger charge is 2.19. The Balaban J connectivity index is 1.39. The lowest BCUT2D eigenvalue weighted by molar-refractivity contribution is 0.0334. The first-order chi connectivity index (χ1) is 17.5. The van der Waals surface area contributed by atoms with Crippen molar-refractivity contribution in [2.24, 2.45) is 0 Å². The maximum atomic E-state index is 12.5. The quantitative estimate of drug-likeness (QED) is 0.359. The van der Waals surface area contributed by atoms with Crippen molar-refractivity contribution in [3.63, 3.8) is 0 Å². The molecule has 2 amide bonds. The van der Waals surface area contributed by atoms with Gasteiger partial charge in [0.1, 0.15) is 17.6 Å². The third-order valence-corrected chi connectivity index (χ3v) is 6.31. The summed E-state index contributed by atoms with van der Waals surface area (Å²) < 4.78 is 12.5. The number of rotatable bonds is 6. The number of urea groups is 1. The zero-order chi connectivity index (χ0) is 25.1. The number of anilines is 3. The second-order valence-electron chi connectivity index (χ2n) is 8.35. The summed E-state index contributed by atoms with van der Waals surface area (Å²) in [6, 6.07) is 14.2. The number of carbonyl (C=O) groups excluding carboxylic acids is 1. The largest absolute Gasteiger partial charge is 0.497 e. The van der Waals surface area contributed by atoms with Crippen LogP contribution >= 0.6 is 11.6 Å². The van der Waals surface area contributed by atoms with E-state index in [9.17, 15) is 4.79 Å². The second-order valence-corrected chi connectivity index (χ2v) is 8.76. The van der Waals surface area contributed by atoms with Crippen molar-refractivity contribution in [2.75, 3.05) is 49.8 Å². The number of halogens is 1. The molecule has 2 aromatic carbocycles. The van der Waals surface area contributed by atoms with E-state index in [1.165, 1.54) is 6.33 Å². The molecule has 4 aromatic rings. The molecule has 186 valence electrons. The van der Waals surface area contributed by atoms with Crippen molar-refractivity contribution >= 4 is 40.3 Å². The predicted molar refractivity (Wildman–Crippen MR) is 140 cm³/mol. The van der Waals surface area contributed by atoms with Crippen LogP contribution in [-0.4, -0.2) is 58.9 Å². The molecule has 0 unspecified atom stereocenters. The number of nitrogens with zero attached hydrogens (tertiary/aromatic N) is 4. The van der Waals surface area contributed by atoms with Gasteiger partial charge in [0.2, 0.25) is 0 Å². The Morgan fingerprint density at radius 2 is 2.00 bits per heavy atom. The highest BCUT2D eigenvalue weighted by Crippen LogP contribution is 2.34. The van der Waals surface area contributed by atoms with E-state index in [-0.39, 0.29) is 0 Å². The van der Waals surface area contributed by atoms with E-state index in [2.05, 4.69) is 31.7 Å². The lowest BCUT2D eigenvalue weighted by Crippen LogP contribution is -2.36. The maximum Gasteiger partial charge on any atom is 0.323 e. The number of hydrogen-bond donors (Lipinski definition) is 3. The molecule has 36 heavy (non-hydrogen) atoms. The molecule has 1 fully saturated rings. The molecular formula is C25H26ClN7O3. The Hall–Kier alpha value is -3.86. The summed E-state index contributed by atoms with van der Waals surface area (Å²) in [5, 5.41) is 10.4. The lowest BCUT2D eigenvalue weighted by atomic mass is 10.1. The van der Waals surface area contributed by atoms with Crippen molar-refractivity contribution < 1.29 is 14.3 Å². The first kappa shape index (κ1) is 23.9. The number of hydrogen-bond acceptors (Lipinski definition) is 7. The molecular weight excluding hydrogens is 482 g/mol. The van der Waals surface area contributed by atoms with E-state index < -0.39 is 6.03 Å². The summed E-state index contributed by atoms with van der Waals surface area (Å²) in [5.41, 5.74) is 10.7. The van der Waals surface area contributed by atoms with E-state index in [1.807, 2.05) is 10.6 Å². The van der Waals surface area contributed by atoms with Crippen molar-refractivity contribution in [2.45, 2.75) is 6.54 Å². The number of amides is 2. The van der Waals surface area contributed by atoms with Gasteiger partial charge in [0.15, 0.2) is 5.82 Å². The van der Waals surface area contributed by atoms with E-state index >= 15 is 0 Å². The fourth-order valence-electron chi connectivity index (χ4n) is 4.22. The fourth-order valence-corrected chi connectivity index (χ4v) is 4.45. The summed E-state index contributed by atoms with van der Waals surface area (Å²) in [4.78, 5) is 19.0. The Morgan fingerprint density at radius 3 is 2.78 bits per heavy atom. The van der Waals surface area contributed by atoms with Gasteiger partial charge in [-0.2, -0.15) is 5.10 Å². The molecule has 1 aliphatic heterocycles. The second kappa shape index (κ2) is 10.4. The van der Waals surface area contributed by atoms with Crippen molar-refractivity contribution in [3.8, 4) is 16.9 Å². The molecule has 0 radical (unpaired) electrons. The molecule has 0 atom stereocenters. The van der Waals surface area contributed by atoms with Crippen LogP contribution in [0.2, 0.25) is 5.02 Å². The molecule has 0 spiro atoms. The van der Waals surface area contributed by atoms with Gasteiger partial charge in [-0.15, -0.1) is 0 Å². The Labute approximate surface area is 213 Å². The lowest BCUT2D eigenvalue weighted by Gasteiger charge is -2.26. The van der Waals surface area contributed by atoms with Crippen LogP contribution in [-0.2, 0) is 11.3 Å². The third-order valence-electron chi connectivity index (χ3n) is 6.00. The molecule has 10 nitrogen and oxygen atoms in total. The molecule has 1 saturated heterocycles. The number of nitrogens with one attached hydrogen (secondary N) is 2. The van der Waals surface area contributed by atoms with Crippen LogP contribution in [0.4, 0.5) is 22.0 Å². The monoisotopic (exact) mass is 507 g/mol. The molecule has 2 aromatic heterocycles. The van der Waals surface area contributed by atoms with Gasteiger partial charge in [-0.25, -0.2) is 14.3 Å². The topological polar surface area (TPSA) is 119 Å². The summed E-state index contributed by atoms with van der Waals surface area (Å²) in [6.07, 6.45) is 1.45. The Kier molecular flexibility index (Phi) is 6.90. The Morgan fingerprint density at radius 1 is 1.17 bits per heavy atom. The normalized spacial score (nSPS) is 14.1. The zero-order valence-corrected chi connectivity index (χ0v) is 20.5. The average Bonchev–Trinajstić information content (AvgIpc) is 3.25. The smallest absolute Gasteiger partial charge is 0.323 e. The van der Waals surface area contributed by atoms with Crippen LogP contribution in [0, 0.1) is 0 Å². The molecule has 5 rings (SSSR count).